The van der Waals surface area contributed by atoms with Crippen LogP contribution in [0.25, 0.3) is 0 Å². The summed E-state index contributed by atoms with van der Waals surface area (Å²) in [4.78, 5) is 8.13. The molecule has 0 amide bonds. The van der Waals surface area contributed by atoms with E-state index in [4.69, 9.17) is 0 Å². The van der Waals surface area contributed by atoms with Crippen molar-refractivity contribution < 1.29 is 8.42 Å². The molecular weight excluding hydrogens is 290 g/mol. The Morgan fingerprint density at radius 1 is 1.43 bits per heavy atom. The Labute approximate surface area is 123 Å². The van der Waals surface area contributed by atoms with E-state index >= 15 is 0 Å². The third-order valence-electron chi connectivity index (χ3n) is 3.79. The van der Waals surface area contributed by atoms with Crippen molar-refractivity contribution in [2.75, 3.05) is 11.6 Å². The molecule has 0 unspecified atom stereocenters. The maximum atomic E-state index is 11.5. The quantitative estimate of drug-likeness (QED) is 0.844. The van der Waals surface area contributed by atoms with Gasteiger partial charge in [0, 0.05) is 37.2 Å². The predicted molar refractivity (Wildman–Crippen MR) is 77.9 cm³/mol. The Balaban J connectivity index is 1.74. The summed E-state index contributed by atoms with van der Waals surface area (Å²) in [7, 11) is -1.40. The van der Waals surface area contributed by atoms with Crippen molar-refractivity contribution >= 4 is 15.8 Å². The van der Waals surface area contributed by atoms with Gasteiger partial charge in [-0.1, -0.05) is 0 Å². The van der Waals surface area contributed by atoms with Crippen molar-refractivity contribution in [3.05, 3.63) is 29.7 Å². The SMILES string of the molecule is Cc1c([C@@H]2C[C@H]2Nc2nccc(S(C)(=O)=O)n2)cnn1C. The summed E-state index contributed by atoms with van der Waals surface area (Å²) < 4.78 is 24.8. The molecule has 1 aliphatic rings. The molecule has 0 spiro atoms. The van der Waals surface area contributed by atoms with Gasteiger partial charge in [-0.25, -0.2) is 18.4 Å². The average Bonchev–Trinajstić information content (AvgIpc) is 3.09. The molecule has 21 heavy (non-hydrogen) atoms. The Hall–Kier alpha value is -1.96. The monoisotopic (exact) mass is 307 g/mol. The van der Waals surface area contributed by atoms with Crippen LogP contribution in [-0.4, -0.2) is 40.5 Å². The second-order valence-electron chi connectivity index (χ2n) is 5.39. The number of sulfone groups is 1. The molecule has 7 nitrogen and oxygen atoms in total. The second-order valence-corrected chi connectivity index (χ2v) is 7.36. The van der Waals surface area contributed by atoms with Crippen LogP contribution in [0.4, 0.5) is 5.95 Å². The highest BCUT2D eigenvalue weighted by Crippen LogP contribution is 2.43. The van der Waals surface area contributed by atoms with Gasteiger partial charge in [-0.05, 0) is 25.0 Å². The topological polar surface area (TPSA) is 89.8 Å². The van der Waals surface area contributed by atoms with E-state index in [1.807, 2.05) is 24.9 Å². The number of anilines is 1. The summed E-state index contributed by atoms with van der Waals surface area (Å²) in [6.45, 7) is 2.04. The largest absolute Gasteiger partial charge is 0.351 e. The van der Waals surface area contributed by atoms with Crippen LogP contribution in [0.15, 0.2) is 23.5 Å². The molecule has 112 valence electrons. The molecule has 2 atom stereocenters. The molecule has 0 saturated heterocycles. The van der Waals surface area contributed by atoms with Crippen LogP contribution in [0, 0.1) is 6.92 Å². The molecule has 2 aromatic rings. The van der Waals surface area contributed by atoms with E-state index in [-0.39, 0.29) is 11.1 Å². The number of nitrogens with zero attached hydrogens (tertiary/aromatic N) is 4. The summed E-state index contributed by atoms with van der Waals surface area (Å²) in [6, 6.07) is 1.62. The molecule has 1 fully saturated rings. The van der Waals surface area contributed by atoms with Gasteiger partial charge in [0.2, 0.25) is 5.95 Å². The van der Waals surface area contributed by atoms with Gasteiger partial charge in [-0.15, -0.1) is 0 Å². The van der Waals surface area contributed by atoms with Crippen LogP contribution in [-0.2, 0) is 16.9 Å². The lowest BCUT2D eigenvalue weighted by Gasteiger charge is -2.05. The van der Waals surface area contributed by atoms with Gasteiger partial charge >= 0.3 is 0 Å². The summed E-state index contributed by atoms with van der Waals surface area (Å²) in [6.07, 6.45) is 5.45. The van der Waals surface area contributed by atoms with Crippen molar-refractivity contribution in [3.8, 4) is 0 Å². The molecule has 3 rings (SSSR count). The van der Waals surface area contributed by atoms with E-state index in [9.17, 15) is 8.42 Å². The van der Waals surface area contributed by atoms with Crippen LogP contribution in [0.3, 0.4) is 0 Å². The molecular formula is C13H17N5O2S. The maximum Gasteiger partial charge on any atom is 0.224 e. The summed E-state index contributed by atoms with van der Waals surface area (Å²) in [5.74, 6) is 0.733. The molecule has 2 aromatic heterocycles. The van der Waals surface area contributed by atoms with E-state index in [0.29, 0.717) is 11.9 Å². The normalized spacial score (nSPS) is 21.3. The van der Waals surface area contributed by atoms with E-state index in [2.05, 4.69) is 20.4 Å². The number of aromatic nitrogens is 4. The second kappa shape index (κ2) is 4.80. The van der Waals surface area contributed by atoms with Gasteiger partial charge in [0.1, 0.15) is 0 Å². The third kappa shape index (κ3) is 2.76. The fraction of sp³-hybridized carbons (Fsp3) is 0.462. The highest BCUT2D eigenvalue weighted by molar-refractivity contribution is 7.90. The van der Waals surface area contributed by atoms with Gasteiger partial charge < -0.3 is 5.32 Å². The summed E-state index contributed by atoms with van der Waals surface area (Å²) >= 11 is 0. The lowest BCUT2D eigenvalue weighted by atomic mass is 10.1. The molecule has 1 aliphatic carbocycles. The first kappa shape index (κ1) is 14.0. The Bertz CT molecular complexity index is 784. The van der Waals surface area contributed by atoms with Crippen LogP contribution < -0.4 is 5.32 Å². The first-order valence-electron chi connectivity index (χ1n) is 6.64. The lowest BCUT2D eigenvalue weighted by Crippen LogP contribution is -2.10. The molecule has 8 heteroatoms. The first-order valence-corrected chi connectivity index (χ1v) is 8.53. The fourth-order valence-corrected chi connectivity index (χ4v) is 2.92. The first-order chi connectivity index (χ1) is 9.86. The van der Waals surface area contributed by atoms with Crippen molar-refractivity contribution in [1.82, 2.24) is 19.7 Å². The molecule has 0 aromatic carbocycles. The summed E-state index contributed by atoms with van der Waals surface area (Å²) in [5.41, 5.74) is 2.37. The Morgan fingerprint density at radius 2 is 2.19 bits per heavy atom. The van der Waals surface area contributed by atoms with Crippen molar-refractivity contribution in [2.45, 2.75) is 30.3 Å². The average molecular weight is 307 g/mol. The molecule has 2 heterocycles. The number of aryl methyl sites for hydroxylation is 1. The standard InChI is InChI=1S/C13H17N5O2S/c1-8-10(7-15-18(8)2)9-6-11(9)16-13-14-5-4-12(17-13)21(3,19)20/h4-5,7,9,11H,6H2,1-3H3,(H,14,16,17)/t9-,11+/m0/s1. The highest BCUT2D eigenvalue weighted by atomic mass is 32.2. The lowest BCUT2D eigenvalue weighted by molar-refractivity contribution is 0.598. The predicted octanol–water partition coefficient (Wildman–Crippen LogP) is 0.890. The zero-order valence-electron chi connectivity index (χ0n) is 12.1. The van der Waals surface area contributed by atoms with Crippen molar-refractivity contribution in [3.63, 3.8) is 0 Å². The molecule has 1 saturated carbocycles. The highest BCUT2D eigenvalue weighted by Gasteiger charge is 2.40. The number of hydrogen-bond donors (Lipinski definition) is 1. The summed E-state index contributed by atoms with van der Waals surface area (Å²) in [5, 5.41) is 7.47. The molecule has 0 bridgehead atoms. The van der Waals surface area contributed by atoms with Crippen LogP contribution in [0.1, 0.15) is 23.6 Å². The van der Waals surface area contributed by atoms with Crippen molar-refractivity contribution in [1.29, 1.82) is 0 Å². The van der Waals surface area contributed by atoms with E-state index < -0.39 is 9.84 Å². The Kier molecular flexibility index (Phi) is 3.20. The number of nitrogens with one attached hydrogen (secondary N) is 1. The van der Waals surface area contributed by atoms with Crippen LogP contribution in [0.2, 0.25) is 0 Å². The fourth-order valence-electron chi connectivity index (χ4n) is 2.36. The molecule has 0 aliphatic heterocycles. The zero-order valence-corrected chi connectivity index (χ0v) is 12.9. The van der Waals surface area contributed by atoms with Gasteiger partial charge in [-0.3, -0.25) is 4.68 Å². The van der Waals surface area contributed by atoms with E-state index in [0.717, 1.165) is 18.4 Å². The van der Waals surface area contributed by atoms with Gasteiger partial charge in [0.15, 0.2) is 14.9 Å². The molecule has 1 N–H and O–H groups in total. The van der Waals surface area contributed by atoms with Gasteiger partial charge in [0.25, 0.3) is 0 Å². The minimum Gasteiger partial charge on any atom is -0.351 e. The Morgan fingerprint density at radius 3 is 2.81 bits per heavy atom. The van der Waals surface area contributed by atoms with Crippen LogP contribution in [0.5, 0.6) is 0 Å². The zero-order chi connectivity index (χ0) is 15.2. The third-order valence-corrected chi connectivity index (χ3v) is 4.77. The minimum atomic E-state index is -3.31. The van der Waals surface area contributed by atoms with Gasteiger partial charge in [0.05, 0.1) is 6.20 Å². The maximum absolute atomic E-state index is 11.5. The smallest absolute Gasteiger partial charge is 0.224 e. The number of rotatable bonds is 4. The number of hydrogen-bond acceptors (Lipinski definition) is 6. The molecule has 0 radical (unpaired) electrons. The van der Waals surface area contributed by atoms with Crippen molar-refractivity contribution in [2.24, 2.45) is 7.05 Å². The van der Waals surface area contributed by atoms with E-state index in [1.165, 1.54) is 17.8 Å². The van der Waals surface area contributed by atoms with E-state index in [1.54, 1.807) is 0 Å². The minimum absolute atomic E-state index is 0.0368. The van der Waals surface area contributed by atoms with Gasteiger partial charge in [-0.2, -0.15) is 5.10 Å². The van der Waals surface area contributed by atoms with Crippen LogP contribution >= 0.6 is 0 Å².